The Kier molecular flexibility index (Phi) is 4.53. The molecule has 0 radical (unpaired) electrons. The highest BCUT2D eigenvalue weighted by molar-refractivity contribution is 5.81. The number of ether oxygens (including phenoxy) is 1. The minimum Gasteiger partial charge on any atom is -0.828 e. The first-order chi connectivity index (χ1) is 9.73. The van der Waals surface area contributed by atoms with E-state index in [0.717, 1.165) is 13.8 Å². The van der Waals surface area contributed by atoms with Gasteiger partial charge in [-0.2, -0.15) is 26.3 Å². The maximum Gasteiger partial charge on any atom is 0.399 e. The largest absolute Gasteiger partial charge is 0.828 e. The third kappa shape index (κ3) is 3.18. The van der Waals surface area contributed by atoms with Crippen LogP contribution in [0.2, 0.25) is 0 Å². The van der Waals surface area contributed by atoms with Crippen LogP contribution in [0.4, 0.5) is 26.3 Å². The van der Waals surface area contributed by atoms with E-state index < -0.39 is 29.5 Å². The third-order valence-electron chi connectivity index (χ3n) is 2.90. The van der Waals surface area contributed by atoms with E-state index in [1.807, 2.05) is 0 Å². The molecule has 0 atom stereocenters. The molecule has 0 saturated carbocycles. The Morgan fingerprint density at radius 3 is 1.73 bits per heavy atom. The number of halogens is 6. The van der Waals surface area contributed by atoms with Crippen molar-refractivity contribution in [3.05, 3.63) is 35.9 Å². The van der Waals surface area contributed by atoms with Gasteiger partial charge in [0.05, 0.1) is 0 Å². The van der Waals surface area contributed by atoms with Gasteiger partial charge in [-0.3, -0.25) is 4.79 Å². The zero-order chi connectivity index (χ0) is 17.4. The second-order valence-corrected chi connectivity index (χ2v) is 4.94. The van der Waals surface area contributed by atoms with Crippen molar-refractivity contribution in [1.82, 2.24) is 0 Å². The quantitative estimate of drug-likeness (QED) is 0.633. The van der Waals surface area contributed by atoms with Gasteiger partial charge in [0.15, 0.2) is 5.60 Å². The summed E-state index contributed by atoms with van der Waals surface area (Å²) in [7, 11) is 0. The van der Waals surface area contributed by atoms with E-state index in [-0.39, 0.29) is 5.56 Å². The van der Waals surface area contributed by atoms with Crippen LogP contribution in [-0.2, 0) is 15.1 Å². The van der Waals surface area contributed by atoms with Crippen molar-refractivity contribution < 1.29 is 41.0 Å². The number of alkyl halides is 6. The Morgan fingerprint density at radius 1 is 0.955 bits per heavy atom. The number of esters is 1. The monoisotopic (exact) mass is 329 g/mol. The molecule has 0 aliphatic rings. The standard InChI is InChI=1S/C13H11F6O3/c1-10(2,8-6-4-3-5-7-8)22-9(20)11(21,12(14,15)16)13(17,18)19/h3-7H,1-2H3/q-1. The molecule has 0 saturated heterocycles. The van der Waals surface area contributed by atoms with E-state index in [2.05, 4.69) is 4.74 Å². The van der Waals surface area contributed by atoms with Gasteiger partial charge in [0.25, 0.3) is 0 Å². The molecule has 0 aliphatic heterocycles. The molecule has 124 valence electrons. The lowest BCUT2D eigenvalue weighted by atomic mass is 9.97. The van der Waals surface area contributed by atoms with Crippen molar-refractivity contribution in [2.45, 2.75) is 37.4 Å². The Morgan fingerprint density at radius 2 is 1.36 bits per heavy atom. The minimum atomic E-state index is -6.38. The number of carbonyl (C=O) groups is 1. The van der Waals surface area contributed by atoms with E-state index in [4.69, 9.17) is 0 Å². The van der Waals surface area contributed by atoms with Gasteiger partial charge in [-0.05, 0) is 19.4 Å². The lowest BCUT2D eigenvalue weighted by Gasteiger charge is -2.42. The van der Waals surface area contributed by atoms with Crippen molar-refractivity contribution >= 4 is 5.97 Å². The maximum absolute atomic E-state index is 12.5. The van der Waals surface area contributed by atoms with Crippen LogP contribution in [0.1, 0.15) is 19.4 Å². The fraction of sp³-hybridized carbons (Fsp3) is 0.462. The molecule has 0 N–H and O–H groups in total. The van der Waals surface area contributed by atoms with Crippen molar-refractivity contribution in [3.8, 4) is 0 Å². The Balaban J connectivity index is 3.19. The second-order valence-electron chi connectivity index (χ2n) is 4.94. The Labute approximate surface area is 121 Å². The van der Waals surface area contributed by atoms with Gasteiger partial charge in [-0.15, -0.1) is 0 Å². The molecule has 1 rings (SSSR count). The van der Waals surface area contributed by atoms with E-state index in [9.17, 15) is 36.2 Å². The van der Waals surface area contributed by atoms with Crippen LogP contribution in [0.5, 0.6) is 0 Å². The Hall–Kier alpha value is -1.77. The molecule has 0 spiro atoms. The maximum atomic E-state index is 12.5. The fourth-order valence-electron chi connectivity index (χ4n) is 1.59. The highest BCUT2D eigenvalue weighted by atomic mass is 19.4. The molecule has 1 aromatic rings. The first-order valence-electron chi connectivity index (χ1n) is 5.86. The summed E-state index contributed by atoms with van der Waals surface area (Å²) in [4.78, 5) is 11.4. The molecule has 22 heavy (non-hydrogen) atoms. The summed E-state index contributed by atoms with van der Waals surface area (Å²) in [5.74, 6) is -2.94. The van der Waals surface area contributed by atoms with Gasteiger partial charge in [0.2, 0.25) is 0 Å². The highest BCUT2D eigenvalue weighted by Gasteiger charge is 2.68. The van der Waals surface area contributed by atoms with E-state index >= 15 is 0 Å². The molecule has 0 unspecified atom stereocenters. The molecule has 0 heterocycles. The van der Waals surface area contributed by atoms with Crippen LogP contribution in [0, 0.1) is 0 Å². The molecule has 1 aromatic carbocycles. The summed E-state index contributed by atoms with van der Waals surface area (Å²) in [6, 6.07) is 7.11. The zero-order valence-electron chi connectivity index (χ0n) is 11.4. The lowest BCUT2D eigenvalue weighted by Crippen LogP contribution is -2.72. The normalized spacial score (nSPS) is 13.9. The molecular weight excluding hydrogens is 318 g/mol. The van der Waals surface area contributed by atoms with E-state index in [0.29, 0.717) is 0 Å². The van der Waals surface area contributed by atoms with Crippen LogP contribution < -0.4 is 5.11 Å². The van der Waals surface area contributed by atoms with Gasteiger partial charge in [0, 0.05) is 0 Å². The first-order valence-corrected chi connectivity index (χ1v) is 5.86. The summed E-state index contributed by atoms with van der Waals surface area (Å²) < 4.78 is 79.2. The second kappa shape index (κ2) is 5.45. The third-order valence-corrected chi connectivity index (χ3v) is 2.90. The first kappa shape index (κ1) is 18.3. The number of carbonyl (C=O) groups excluding carboxylic acids is 1. The van der Waals surface area contributed by atoms with Crippen LogP contribution in [0.3, 0.4) is 0 Å². The van der Waals surface area contributed by atoms with Crippen LogP contribution >= 0.6 is 0 Å². The van der Waals surface area contributed by atoms with Crippen LogP contribution in [0.15, 0.2) is 30.3 Å². The summed E-state index contributed by atoms with van der Waals surface area (Å²) in [6.45, 7) is 2.15. The molecule has 0 fully saturated rings. The average Bonchev–Trinajstić information content (AvgIpc) is 2.35. The molecule has 0 amide bonds. The van der Waals surface area contributed by atoms with Crippen LogP contribution in [0.25, 0.3) is 0 Å². The summed E-state index contributed by atoms with van der Waals surface area (Å²) in [5, 5.41) is 11.2. The van der Waals surface area contributed by atoms with Gasteiger partial charge >= 0.3 is 18.3 Å². The zero-order valence-corrected chi connectivity index (χ0v) is 11.4. The number of rotatable bonds is 3. The summed E-state index contributed by atoms with van der Waals surface area (Å²) in [6.07, 6.45) is -12.8. The summed E-state index contributed by atoms with van der Waals surface area (Å²) in [5.41, 5.74) is -7.55. The smallest absolute Gasteiger partial charge is 0.399 e. The van der Waals surface area contributed by atoms with Gasteiger partial charge in [-0.25, -0.2) is 0 Å². The predicted molar refractivity (Wildman–Crippen MR) is 60.4 cm³/mol. The van der Waals surface area contributed by atoms with Crippen molar-refractivity contribution in [1.29, 1.82) is 0 Å². The van der Waals surface area contributed by atoms with Gasteiger partial charge in [0.1, 0.15) is 5.60 Å². The molecule has 0 aliphatic carbocycles. The number of hydrogen-bond acceptors (Lipinski definition) is 3. The van der Waals surface area contributed by atoms with Crippen molar-refractivity contribution in [3.63, 3.8) is 0 Å². The van der Waals surface area contributed by atoms with Gasteiger partial charge < -0.3 is 9.84 Å². The molecule has 0 aromatic heterocycles. The summed E-state index contributed by atoms with van der Waals surface area (Å²) >= 11 is 0. The van der Waals surface area contributed by atoms with Crippen LogP contribution in [-0.4, -0.2) is 23.9 Å². The molecule has 3 nitrogen and oxygen atoms in total. The Bertz CT molecular complexity index is 519. The molecular formula is C13H11F6O3-. The van der Waals surface area contributed by atoms with E-state index in [1.54, 1.807) is 6.07 Å². The van der Waals surface area contributed by atoms with Crippen molar-refractivity contribution in [2.75, 3.05) is 0 Å². The fourth-order valence-corrected chi connectivity index (χ4v) is 1.59. The lowest BCUT2D eigenvalue weighted by molar-refractivity contribution is -0.575. The molecule has 9 heteroatoms. The van der Waals surface area contributed by atoms with Crippen molar-refractivity contribution in [2.24, 2.45) is 0 Å². The van der Waals surface area contributed by atoms with Gasteiger partial charge in [-0.1, -0.05) is 30.3 Å². The predicted octanol–water partition coefficient (Wildman–Crippen LogP) is 2.69. The number of benzene rings is 1. The number of hydrogen-bond donors (Lipinski definition) is 0. The average molecular weight is 329 g/mol. The minimum absolute atomic E-state index is 0.134. The SMILES string of the molecule is CC(C)(OC(=O)C([O-])(C(F)(F)F)C(F)(F)F)c1ccccc1. The topological polar surface area (TPSA) is 49.4 Å². The highest BCUT2D eigenvalue weighted by Crippen LogP contribution is 2.43. The molecule has 0 bridgehead atoms. The van der Waals surface area contributed by atoms with E-state index in [1.165, 1.54) is 24.3 Å².